The van der Waals surface area contributed by atoms with Gasteiger partial charge in [0.25, 0.3) is 0 Å². The number of anilines is 1. The second-order valence-corrected chi connectivity index (χ2v) is 4.64. The summed E-state index contributed by atoms with van der Waals surface area (Å²) in [6.45, 7) is 5.82. The highest BCUT2D eigenvalue weighted by atomic mass is 32.1. The Balaban J connectivity index is 2.15. The lowest BCUT2D eigenvalue weighted by atomic mass is 10.1. The predicted molar refractivity (Wildman–Crippen MR) is 63.2 cm³/mol. The fraction of sp³-hybridized carbons (Fsp3) is 0.800. The van der Waals surface area contributed by atoms with Crippen LogP contribution >= 0.6 is 11.5 Å². The van der Waals surface area contributed by atoms with Crippen LogP contribution in [-0.4, -0.2) is 23.2 Å². The van der Waals surface area contributed by atoms with E-state index in [1.807, 2.05) is 7.05 Å². The molecule has 0 saturated carbocycles. The van der Waals surface area contributed by atoms with E-state index in [4.69, 9.17) is 4.74 Å². The van der Waals surface area contributed by atoms with E-state index in [0.29, 0.717) is 6.61 Å². The largest absolute Gasteiger partial charge is 0.377 e. The maximum absolute atomic E-state index is 5.54. The molecule has 15 heavy (non-hydrogen) atoms. The maximum atomic E-state index is 5.54. The summed E-state index contributed by atoms with van der Waals surface area (Å²) in [5.41, 5.74) is 0.909. The van der Waals surface area contributed by atoms with Crippen LogP contribution < -0.4 is 5.32 Å². The van der Waals surface area contributed by atoms with Crippen molar-refractivity contribution in [2.24, 2.45) is 5.92 Å². The predicted octanol–water partition coefficient (Wildman–Crippen LogP) is 2.53. The van der Waals surface area contributed by atoms with E-state index in [2.05, 4.69) is 28.8 Å². The van der Waals surface area contributed by atoms with Gasteiger partial charge in [0.1, 0.15) is 10.7 Å². The molecule has 0 radical (unpaired) electrons. The number of aromatic nitrogens is 2. The van der Waals surface area contributed by atoms with Crippen LogP contribution in [0.3, 0.4) is 0 Å². The fourth-order valence-corrected chi connectivity index (χ4v) is 1.77. The summed E-state index contributed by atoms with van der Waals surface area (Å²) in [7, 11) is 1.87. The van der Waals surface area contributed by atoms with Gasteiger partial charge in [-0.1, -0.05) is 18.3 Å². The Kier molecular flexibility index (Phi) is 5.57. The standard InChI is InChI=1S/C10H19N3OS/c1-8(2)5-4-6-14-7-9-10(11-3)15-13-12-9/h8,11H,4-7H2,1-3H3. The van der Waals surface area contributed by atoms with E-state index in [0.717, 1.165) is 29.6 Å². The van der Waals surface area contributed by atoms with Crippen molar-refractivity contribution in [2.75, 3.05) is 19.0 Å². The van der Waals surface area contributed by atoms with Gasteiger partial charge in [0.2, 0.25) is 0 Å². The van der Waals surface area contributed by atoms with E-state index in [9.17, 15) is 0 Å². The molecule has 0 bridgehead atoms. The van der Waals surface area contributed by atoms with Gasteiger partial charge in [-0.05, 0) is 18.8 Å². The molecule has 1 N–H and O–H groups in total. The van der Waals surface area contributed by atoms with Crippen LogP contribution in [0.15, 0.2) is 0 Å². The molecule has 0 aliphatic carbocycles. The highest BCUT2D eigenvalue weighted by Gasteiger charge is 2.05. The molecular formula is C10H19N3OS. The van der Waals surface area contributed by atoms with Gasteiger partial charge in [-0.25, -0.2) is 0 Å². The van der Waals surface area contributed by atoms with Gasteiger partial charge in [-0.3, -0.25) is 0 Å². The summed E-state index contributed by atoms with van der Waals surface area (Å²) in [6.07, 6.45) is 2.33. The molecule has 0 amide bonds. The first-order valence-corrected chi connectivity index (χ1v) is 6.08. The molecule has 1 aromatic rings. The van der Waals surface area contributed by atoms with Crippen LogP contribution in [-0.2, 0) is 11.3 Å². The third kappa shape index (κ3) is 4.57. The average molecular weight is 229 g/mol. The molecule has 0 aliphatic heterocycles. The molecule has 0 spiro atoms. The lowest BCUT2D eigenvalue weighted by Gasteiger charge is -2.05. The van der Waals surface area contributed by atoms with Gasteiger partial charge < -0.3 is 10.1 Å². The van der Waals surface area contributed by atoms with Crippen molar-refractivity contribution in [3.05, 3.63) is 5.69 Å². The molecule has 0 atom stereocenters. The summed E-state index contributed by atoms with van der Waals surface area (Å²) in [5.74, 6) is 0.752. The number of ether oxygens (including phenoxy) is 1. The quantitative estimate of drug-likeness (QED) is 0.730. The van der Waals surface area contributed by atoms with Crippen LogP contribution in [0.5, 0.6) is 0 Å². The molecule has 1 aromatic heterocycles. The summed E-state index contributed by atoms with van der Waals surface area (Å²) >= 11 is 1.37. The SMILES string of the molecule is CNc1snnc1COCCCC(C)C. The summed E-state index contributed by atoms with van der Waals surface area (Å²) in [6, 6.07) is 0. The van der Waals surface area contributed by atoms with Crippen LogP contribution in [0.2, 0.25) is 0 Å². The zero-order valence-electron chi connectivity index (χ0n) is 9.62. The summed E-state index contributed by atoms with van der Waals surface area (Å²) in [5, 5.41) is 8.05. The molecule has 0 saturated heterocycles. The van der Waals surface area contributed by atoms with Gasteiger partial charge in [-0.15, -0.1) is 5.10 Å². The van der Waals surface area contributed by atoms with Gasteiger partial charge >= 0.3 is 0 Å². The monoisotopic (exact) mass is 229 g/mol. The van der Waals surface area contributed by atoms with Crippen molar-refractivity contribution in [2.45, 2.75) is 33.3 Å². The second kappa shape index (κ2) is 6.74. The normalized spacial score (nSPS) is 10.9. The average Bonchev–Trinajstić information content (AvgIpc) is 2.64. The molecule has 5 heteroatoms. The van der Waals surface area contributed by atoms with Gasteiger partial charge in [0.15, 0.2) is 0 Å². The van der Waals surface area contributed by atoms with Crippen molar-refractivity contribution in [1.82, 2.24) is 9.59 Å². The van der Waals surface area contributed by atoms with Crippen molar-refractivity contribution in [3.8, 4) is 0 Å². The Morgan fingerprint density at radius 2 is 2.27 bits per heavy atom. The molecule has 0 aromatic carbocycles. The third-order valence-electron chi connectivity index (χ3n) is 2.09. The number of rotatable bonds is 7. The Bertz CT molecular complexity index is 275. The van der Waals surface area contributed by atoms with Crippen molar-refractivity contribution < 1.29 is 4.74 Å². The first kappa shape index (κ1) is 12.4. The minimum Gasteiger partial charge on any atom is -0.377 e. The Morgan fingerprint density at radius 1 is 1.47 bits per heavy atom. The zero-order valence-corrected chi connectivity index (χ0v) is 10.4. The number of hydrogen-bond acceptors (Lipinski definition) is 5. The van der Waals surface area contributed by atoms with Gasteiger partial charge in [0, 0.05) is 25.2 Å². The van der Waals surface area contributed by atoms with E-state index in [-0.39, 0.29) is 0 Å². The van der Waals surface area contributed by atoms with Crippen LogP contribution in [0, 0.1) is 5.92 Å². The minimum atomic E-state index is 0.560. The van der Waals surface area contributed by atoms with Crippen molar-refractivity contribution in [1.29, 1.82) is 0 Å². The Labute approximate surface area is 95.2 Å². The number of nitrogens with one attached hydrogen (secondary N) is 1. The van der Waals surface area contributed by atoms with E-state index in [1.54, 1.807) is 0 Å². The van der Waals surface area contributed by atoms with E-state index >= 15 is 0 Å². The first-order chi connectivity index (χ1) is 7.24. The van der Waals surface area contributed by atoms with E-state index < -0.39 is 0 Å². The van der Waals surface area contributed by atoms with E-state index in [1.165, 1.54) is 18.0 Å². The lowest BCUT2D eigenvalue weighted by Crippen LogP contribution is -2.00. The molecule has 0 unspecified atom stereocenters. The smallest absolute Gasteiger partial charge is 0.135 e. The fourth-order valence-electron chi connectivity index (χ4n) is 1.26. The van der Waals surface area contributed by atoms with Gasteiger partial charge in [0.05, 0.1) is 6.61 Å². The zero-order chi connectivity index (χ0) is 11.1. The van der Waals surface area contributed by atoms with Crippen LogP contribution in [0.1, 0.15) is 32.4 Å². The molecule has 1 rings (SSSR count). The molecule has 1 heterocycles. The molecule has 4 nitrogen and oxygen atoms in total. The first-order valence-electron chi connectivity index (χ1n) is 5.30. The van der Waals surface area contributed by atoms with Crippen molar-refractivity contribution >= 4 is 16.5 Å². The Hall–Kier alpha value is -0.680. The highest BCUT2D eigenvalue weighted by Crippen LogP contribution is 2.17. The topological polar surface area (TPSA) is 47.0 Å². The van der Waals surface area contributed by atoms with Crippen molar-refractivity contribution in [3.63, 3.8) is 0 Å². The van der Waals surface area contributed by atoms with Crippen LogP contribution in [0.25, 0.3) is 0 Å². The van der Waals surface area contributed by atoms with Gasteiger partial charge in [-0.2, -0.15) is 0 Å². The molecule has 86 valence electrons. The minimum absolute atomic E-state index is 0.560. The summed E-state index contributed by atoms with van der Waals surface area (Å²) in [4.78, 5) is 0. The maximum Gasteiger partial charge on any atom is 0.135 e. The van der Waals surface area contributed by atoms with Crippen LogP contribution in [0.4, 0.5) is 5.00 Å². The summed E-state index contributed by atoms with van der Waals surface area (Å²) < 4.78 is 9.40. The molecule has 0 aliphatic rings. The number of nitrogens with zero attached hydrogens (tertiary/aromatic N) is 2. The highest BCUT2D eigenvalue weighted by molar-refractivity contribution is 7.10. The number of hydrogen-bond donors (Lipinski definition) is 1. The Morgan fingerprint density at radius 3 is 2.93 bits per heavy atom. The molecular weight excluding hydrogens is 210 g/mol. The lowest BCUT2D eigenvalue weighted by molar-refractivity contribution is 0.112. The second-order valence-electron chi connectivity index (χ2n) is 3.89. The molecule has 0 fully saturated rings. The third-order valence-corrected chi connectivity index (χ3v) is 2.88.